The van der Waals surface area contributed by atoms with E-state index < -0.39 is 0 Å². The molecule has 0 radical (unpaired) electrons. The summed E-state index contributed by atoms with van der Waals surface area (Å²) < 4.78 is 11.2. The molecule has 0 bridgehead atoms. The van der Waals surface area contributed by atoms with Gasteiger partial charge in [-0.05, 0) is 49.2 Å². The minimum Gasteiger partial charge on any atom is -0.496 e. The SMILES string of the molecule is COc1cc2c(cc1-c1c(C)noc1C)[nH]c1nc(C)nc(-c3ccc(CO)c4ccccc34)c12. The Kier molecular flexibility index (Phi) is 4.82. The topological polar surface area (TPSA) is 97.1 Å². The molecule has 0 atom stereocenters. The second kappa shape index (κ2) is 7.92. The summed E-state index contributed by atoms with van der Waals surface area (Å²) in [5.41, 5.74) is 7.04. The Morgan fingerprint density at radius 1 is 0.943 bits per heavy atom. The van der Waals surface area contributed by atoms with Gasteiger partial charge in [0.1, 0.15) is 23.0 Å². The molecule has 0 saturated carbocycles. The third-order valence-corrected chi connectivity index (χ3v) is 6.63. The molecule has 3 aromatic heterocycles. The van der Waals surface area contributed by atoms with Gasteiger partial charge in [0, 0.05) is 22.0 Å². The standard InChI is InChI=1S/C28H24N4O3/c1-14-25(15(2)35-32-14)22-11-23-21(12-24(22)34-4)26-27(29-16(3)30-28(26)31-23)20-10-9-17(13-33)18-7-5-6-8-19(18)20/h5-12,33H,13H2,1-4H3,(H,29,30,31). The lowest BCUT2D eigenvalue weighted by molar-refractivity contribution is 0.283. The van der Waals surface area contributed by atoms with Gasteiger partial charge in [0.05, 0.1) is 36.1 Å². The van der Waals surface area contributed by atoms with Crippen molar-refractivity contribution in [2.75, 3.05) is 7.11 Å². The first kappa shape index (κ1) is 21.3. The Hall–Kier alpha value is -4.23. The number of rotatable bonds is 4. The van der Waals surface area contributed by atoms with Crippen molar-refractivity contribution in [1.82, 2.24) is 20.1 Å². The number of H-pyrrole nitrogens is 1. The quantitative estimate of drug-likeness (QED) is 0.331. The van der Waals surface area contributed by atoms with E-state index in [2.05, 4.69) is 22.3 Å². The molecule has 3 aromatic carbocycles. The van der Waals surface area contributed by atoms with Gasteiger partial charge < -0.3 is 19.4 Å². The number of aryl methyl sites for hydroxylation is 3. The minimum atomic E-state index is -0.0201. The van der Waals surface area contributed by atoms with Gasteiger partial charge >= 0.3 is 0 Å². The number of hydrogen-bond acceptors (Lipinski definition) is 6. The molecule has 0 unspecified atom stereocenters. The fourth-order valence-electron chi connectivity index (χ4n) is 5.07. The van der Waals surface area contributed by atoms with Crippen LogP contribution in [-0.4, -0.2) is 32.3 Å². The second-order valence-electron chi connectivity index (χ2n) is 8.74. The Morgan fingerprint density at radius 3 is 2.46 bits per heavy atom. The number of nitrogens with one attached hydrogen (secondary N) is 1. The number of methoxy groups -OCH3 is 1. The van der Waals surface area contributed by atoms with Gasteiger partial charge in [0.25, 0.3) is 0 Å². The normalized spacial score (nSPS) is 11.7. The van der Waals surface area contributed by atoms with Gasteiger partial charge in [-0.25, -0.2) is 9.97 Å². The molecule has 35 heavy (non-hydrogen) atoms. The summed E-state index contributed by atoms with van der Waals surface area (Å²) in [5, 5.41) is 17.9. The highest BCUT2D eigenvalue weighted by Crippen LogP contribution is 2.42. The van der Waals surface area contributed by atoms with Gasteiger partial charge in [-0.3, -0.25) is 0 Å². The third-order valence-electron chi connectivity index (χ3n) is 6.63. The van der Waals surface area contributed by atoms with E-state index in [0.29, 0.717) is 5.82 Å². The number of nitrogens with zero attached hydrogens (tertiary/aromatic N) is 3. The molecule has 0 amide bonds. The fourth-order valence-corrected chi connectivity index (χ4v) is 5.07. The van der Waals surface area contributed by atoms with Crippen molar-refractivity contribution < 1.29 is 14.4 Å². The van der Waals surface area contributed by atoms with Crippen LogP contribution in [0.1, 0.15) is 22.8 Å². The fraction of sp³-hybridized carbons (Fsp3) is 0.179. The van der Waals surface area contributed by atoms with Crippen LogP contribution in [0.25, 0.3) is 55.1 Å². The molecule has 0 aliphatic carbocycles. The lowest BCUT2D eigenvalue weighted by atomic mass is 9.95. The average Bonchev–Trinajstić information content (AvgIpc) is 3.39. The van der Waals surface area contributed by atoms with Gasteiger partial charge in [0.15, 0.2) is 0 Å². The summed E-state index contributed by atoms with van der Waals surface area (Å²) >= 11 is 0. The summed E-state index contributed by atoms with van der Waals surface area (Å²) in [7, 11) is 1.67. The van der Waals surface area contributed by atoms with E-state index in [0.717, 1.165) is 77.9 Å². The van der Waals surface area contributed by atoms with Crippen LogP contribution in [0.15, 0.2) is 53.1 Å². The smallest absolute Gasteiger partial charge is 0.142 e. The molecule has 6 aromatic rings. The highest BCUT2D eigenvalue weighted by Gasteiger charge is 2.21. The Balaban J connectivity index is 1.70. The van der Waals surface area contributed by atoms with E-state index in [4.69, 9.17) is 19.2 Å². The number of aliphatic hydroxyl groups is 1. The number of aliphatic hydroxyl groups excluding tert-OH is 1. The van der Waals surface area contributed by atoms with Crippen LogP contribution >= 0.6 is 0 Å². The van der Waals surface area contributed by atoms with Crippen molar-refractivity contribution in [3.63, 3.8) is 0 Å². The van der Waals surface area contributed by atoms with E-state index >= 15 is 0 Å². The number of aromatic amines is 1. The minimum absolute atomic E-state index is 0.0201. The molecule has 0 aliphatic heterocycles. The molecule has 7 heteroatoms. The number of hydrogen-bond donors (Lipinski definition) is 2. The van der Waals surface area contributed by atoms with Crippen LogP contribution in [0.3, 0.4) is 0 Å². The molecule has 7 nitrogen and oxygen atoms in total. The predicted molar refractivity (Wildman–Crippen MR) is 137 cm³/mol. The zero-order valence-electron chi connectivity index (χ0n) is 19.9. The maximum atomic E-state index is 9.87. The largest absolute Gasteiger partial charge is 0.496 e. The van der Waals surface area contributed by atoms with Gasteiger partial charge in [-0.2, -0.15) is 0 Å². The zero-order chi connectivity index (χ0) is 24.3. The van der Waals surface area contributed by atoms with E-state index in [9.17, 15) is 5.11 Å². The monoisotopic (exact) mass is 464 g/mol. The van der Waals surface area contributed by atoms with E-state index in [1.54, 1.807) is 7.11 Å². The lowest BCUT2D eigenvalue weighted by Crippen LogP contribution is -1.95. The summed E-state index contributed by atoms with van der Waals surface area (Å²) in [4.78, 5) is 13.1. The van der Waals surface area contributed by atoms with Crippen LogP contribution in [-0.2, 0) is 6.61 Å². The molecule has 0 fully saturated rings. The molecule has 2 N–H and O–H groups in total. The van der Waals surface area contributed by atoms with Gasteiger partial charge in [-0.1, -0.05) is 41.6 Å². The second-order valence-corrected chi connectivity index (χ2v) is 8.74. The van der Waals surface area contributed by atoms with Crippen LogP contribution in [0.4, 0.5) is 0 Å². The van der Waals surface area contributed by atoms with E-state index in [1.165, 1.54) is 0 Å². The van der Waals surface area contributed by atoms with Crippen molar-refractivity contribution in [2.24, 2.45) is 0 Å². The molecule has 174 valence electrons. The van der Waals surface area contributed by atoms with E-state index in [1.807, 2.05) is 57.2 Å². The van der Waals surface area contributed by atoms with Crippen LogP contribution in [0.5, 0.6) is 5.75 Å². The highest BCUT2D eigenvalue weighted by atomic mass is 16.5. The predicted octanol–water partition coefficient (Wildman–Crippen LogP) is 6.01. The Bertz CT molecular complexity index is 1740. The Morgan fingerprint density at radius 2 is 1.74 bits per heavy atom. The van der Waals surface area contributed by atoms with Crippen LogP contribution < -0.4 is 4.74 Å². The first-order valence-electron chi connectivity index (χ1n) is 11.4. The molecule has 3 heterocycles. The highest BCUT2D eigenvalue weighted by molar-refractivity contribution is 6.16. The molecule has 0 spiro atoms. The first-order valence-corrected chi connectivity index (χ1v) is 11.4. The lowest BCUT2D eigenvalue weighted by Gasteiger charge is -2.12. The van der Waals surface area contributed by atoms with Crippen molar-refractivity contribution in [2.45, 2.75) is 27.4 Å². The maximum Gasteiger partial charge on any atom is 0.142 e. The third kappa shape index (κ3) is 3.19. The molecular weight excluding hydrogens is 440 g/mol. The molecule has 0 saturated heterocycles. The summed E-state index contributed by atoms with van der Waals surface area (Å²) in [6.07, 6.45) is 0. The number of ether oxygens (including phenoxy) is 1. The van der Waals surface area contributed by atoms with Crippen molar-refractivity contribution in [1.29, 1.82) is 0 Å². The van der Waals surface area contributed by atoms with Gasteiger partial charge in [0.2, 0.25) is 0 Å². The van der Waals surface area contributed by atoms with Crippen LogP contribution in [0, 0.1) is 20.8 Å². The van der Waals surface area contributed by atoms with Crippen molar-refractivity contribution >= 4 is 32.7 Å². The van der Waals surface area contributed by atoms with Crippen LogP contribution in [0.2, 0.25) is 0 Å². The Labute approximate surface area is 201 Å². The molecule has 0 aliphatic rings. The summed E-state index contributed by atoms with van der Waals surface area (Å²) in [6.45, 7) is 5.70. The maximum absolute atomic E-state index is 9.87. The first-order chi connectivity index (χ1) is 17.0. The van der Waals surface area contributed by atoms with Gasteiger partial charge in [-0.15, -0.1) is 0 Å². The number of fused-ring (bicyclic) bond motifs is 4. The average molecular weight is 465 g/mol. The van der Waals surface area contributed by atoms with Crippen molar-refractivity contribution in [3.8, 4) is 28.1 Å². The number of aromatic nitrogens is 4. The van der Waals surface area contributed by atoms with E-state index in [-0.39, 0.29) is 6.61 Å². The molecule has 6 rings (SSSR count). The summed E-state index contributed by atoms with van der Waals surface area (Å²) in [5.74, 6) is 2.13. The number of benzene rings is 3. The van der Waals surface area contributed by atoms with Crippen molar-refractivity contribution in [3.05, 3.63) is 71.4 Å². The zero-order valence-corrected chi connectivity index (χ0v) is 19.9. The summed E-state index contributed by atoms with van der Waals surface area (Å²) in [6, 6.07) is 16.2. The molecular formula is C28H24N4O3.